The number of imide groups is 1. The Morgan fingerprint density at radius 1 is 1.06 bits per heavy atom. The van der Waals surface area contributed by atoms with Crippen molar-refractivity contribution in [3.05, 3.63) is 30.2 Å². The molecule has 8 nitrogen and oxygen atoms in total. The molecule has 2 aromatic rings. The highest BCUT2D eigenvalue weighted by atomic mass is 16.5. The van der Waals surface area contributed by atoms with Gasteiger partial charge in [0.25, 0.3) is 5.91 Å². The standard InChI is InChI=1S/C23H27N3O5/c27-19(13-30-21(28)6-5-20-24-17-3-1-2-4-18(17)31-20)25-22(29)26-23-10-14-7-15(11-23)9-16(8-14)12-23/h1-4,14-16H,5-13H2,(H2,25,26,27,29). The van der Waals surface area contributed by atoms with Crippen molar-refractivity contribution in [2.75, 3.05) is 6.61 Å². The van der Waals surface area contributed by atoms with E-state index in [1.807, 2.05) is 24.3 Å². The van der Waals surface area contributed by atoms with E-state index in [0.717, 1.165) is 24.8 Å². The van der Waals surface area contributed by atoms with Crippen molar-refractivity contribution in [2.24, 2.45) is 17.8 Å². The van der Waals surface area contributed by atoms with Crippen LogP contribution in [0, 0.1) is 17.8 Å². The molecule has 164 valence electrons. The van der Waals surface area contributed by atoms with E-state index in [1.165, 1.54) is 19.3 Å². The highest BCUT2D eigenvalue weighted by Gasteiger charge is 2.51. The van der Waals surface area contributed by atoms with Gasteiger partial charge >= 0.3 is 12.0 Å². The van der Waals surface area contributed by atoms with Crippen LogP contribution in [0.4, 0.5) is 4.79 Å². The number of aryl methyl sites for hydroxylation is 1. The van der Waals surface area contributed by atoms with Gasteiger partial charge in [-0.2, -0.15) is 0 Å². The Bertz CT molecular complexity index is 945. The summed E-state index contributed by atoms with van der Waals surface area (Å²) < 4.78 is 10.6. The molecule has 4 aliphatic carbocycles. The zero-order valence-corrected chi connectivity index (χ0v) is 17.4. The SMILES string of the molecule is O=C(COC(=O)CCc1nc2ccccc2o1)NC(=O)NC12CC3CC(CC(C3)C1)C2. The van der Waals surface area contributed by atoms with E-state index >= 15 is 0 Å². The van der Waals surface area contributed by atoms with E-state index < -0.39 is 24.5 Å². The van der Waals surface area contributed by atoms with E-state index in [1.54, 1.807) is 0 Å². The Kier molecular flexibility index (Phi) is 5.16. The molecule has 1 aromatic heterocycles. The Morgan fingerprint density at radius 2 is 1.74 bits per heavy atom. The number of nitrogens with one attached hydrogen (secondary N) is 2. The number of benzene rings is 1. The summed E-state index contributed by atoms with van der Waals surface area (Å²) in [7, 11) is 0. The highest BCUT2D eigenvalue weighted by molar-refractivity contribution is 5.95. The van der Waals surface area contributed by atoms with Crippen LogP contribution in [-0.4, -0.2) is 35.0 Å². The van der Waals surface area contributed by atoms with Gasteiger partial charge < -0.3 is 14.5 Å². The molecule has 3 amide bonds. The highest BCUT2D eigenvalue weighted by Crippen LogP contribution is 2.55. The summed E-state index contributed by atoms with van der Waals surface area (Å²) in [5.41, 5.74) is 1.22. The normalized spacial score (nSPS) is 28.5. The number of hydrogen-bond acceptors (Lipinski definition) is 6. The van der Waals surface area contributed by atoms with Gasteiger partial charge in [0.1, 0.15) is 5.52 Å². The van der Waals surface area contributed by atoms with Crippen molar-refractivity contribution in [3.8, 4) is 0 Å². The first kappa shape index (κ1) is 20.0. The van der Waals surface area contributed by atoms with Crippen molar-refractivity contribution in [3.63, 3.8) is 0 Å². The Hall–Kier alpha value is -2.90. The van der Waals surface area contributed by atoms with Gasteiger partial charge in [-0.25, -0.2) is 9.78 Å². The van der Waals surface area contributed by atoms with Gasteiger partial charge in [0, 0.05) is 12.0 Å². The number of hydrogen-bond donors (Lipinski definition) is 2. The van der Waals surface area contributed by atoms with E-state index in [2.05, 4.69) is 15.6 Å². The minimum Gasteiger partial charge on any atom is -0.456 e. The number of carbonyl (C=O) groups excluding carboxylic acids is 3. The van der Waals surface area contributed by atoms with Crippen molar-refractivity contribution in [1.82, 2.24) is 15.6 Å². The van der Waals surface area contributed by atoms with Crippen LogP contribution in [-0.2, 0) is 20.7 Å². The summed E-state index contributed by atoms with van der Waals surface area (Å²) in [6.07, 6.45) is 7.17. The minimum absolute atomic E-state index is 0.0412. The average Bonchev–Trinajstić information content (AvgIpc) is 3.12. The van der Waals surface area contributed by atoms with Gasteiger partial charge in [-0.1, -0.05) is 12.1 Å². The predicted octanol–water partition coefficient (Wildman–Crippen LogP) is 3.10. The van der Waals surface area contributed by atoms with Crippen LogP contribution < -0.4 is 10.6 Å². The quantitative estimate of drug-likeness (QED) is 0.688. The molecule has 0 spiro atoms. The lowest BCUT2D eigenvalue weighted by Crippen LogP contribution is -2.62. The van der Waals surface area contributed by atoms with Gasteiger partial charge in [-0.05, 0) is 68.4 Å². The average molecular weight is 425 g/mol. The zero-order valence-electron chi connectivity index (χ0n) is 17.4. The second-order valence-electron chi connectivity index (χ2n) is 9.44. The number of oxazole rings is 1. The number of fused-ring (bicyclic) bond motifs is 1. The Morgan fingerprint density at radius 3 is 2.42 bits per heavy atom. The number of carbonyl (C=O) groups is 3. The summed E-state index contributed by atoms with van der Waals surface area (Å²) in [6.45, 7) is -0.485. The molecule has 0 unspecified atom stereocenters. The molecule has 2 N–H and O–H groups in total. The molecule has 0 saturated heterocycles. The van der Waals surface area contributed by atoms with Crippen molar-refractivity contribution < 1.29 is 23.5 Å². The fraction of sp³-hybridized carbons (Fsp3) is 0.565. The van der Waals surface area contributed by atoms with Crippen molar-refractivity contribution in [1.29, 1.82) is 0 Å². The lowest BCUT2D eigenvalue weighted by Gasteiger charge is -2.56. The summed E-state index contributed by atoms with van der Waals surface area (Å²) in [5.74, 6) is 1.37. The number of para-hydroxylation sites is 2. The monoisotopic (exact) mass is 425 g/mol. The van der Waals surface area contributed by atoms with Gasteiger partial charge in [-0.15, -0.1) is 0 Å². The lowest BCUT2D eigenvalue weighted by atomic mass is 9.53. The molecule has 1 heterocycles. The molecule has 4 bridgehead atoms. The van der Waals surface area contributed by atoms with Crippen molar-refractivity contribution in [2.45, 2.75) is 56.9 Å². The van der Waals surface area contributed by atoms with Gasteiger partial charge in [-0.3, -0.25) is 14.9 Å². The van der Waals surface area contributed by atoms with Crippen LogP contribution in [0.2, 0.25) is 0 Å². The molecule has 0 aliphatic heterocycles. The molecule has 4 saturated carbocycles. The third-order valence-corrected chi connectivity index (χ3v) is 6.92. The number of ether oxygens (including phenoxy) is 1. The number of rotatable bonds is 6. The topological polar surface area (TPSA) is 111 Å². The van der Waals surface area contributed by atoms with E-state index in [4.69, 9.17) is 9.15 Å². The van der Waals surface area contributed by atoms with Gasteiger partial charge in [0.2, 0.25) is 0 Å². The van der Waals surface area contributed by atoms with Crippen LogP contribution in [0.1, 0.15) is 50.8 Å². The molecule has 1 aromatic carbocycles. The largest absolute Gasteiger partial charge is 0.456 e. The molecule has 0 atom stereocenters. The van der Waals surface area contributed by atoms with E-state index in [0.29, 0.717) is 29.2 Å². The summed E-state index contributed by atoms with van der Waals surface area (Å²) in [4.78, 5) is 40.7. The lowest BCUT2D eigenvalue weighted by molar-refractivity contribution is -0.148. The van der Waals surface area contributed by atoms with Crippen LogP contribution in [0.5, 0.6) is 0 Å². The van der Waals surface area contributed by atoms with Gasteiger partial charge in [0.15, 0.2) is 18.1 Å². The third-order valence-electron chi connectivity index (χ3n) is 6.92. The first-order valence-corrected chi connectivity index (χ1v) is 11.1. The van der Waals surface area contributed by atoms with E-state index in [-0.39, 0.29) is 18.4 Å². The molecular weight excluding hydrogens is 398 g/mol. The number of urea groups is 1. The number of amides is 3. The summed E-state index contributed by atoms with van der Waals surface area (Å²) in [6, 6.07) is 6.86. The molecule has 4 aliphatic rings. The number of aromatic nitrogens is 1. The van der Waals surface area contributed by atoms with Crippen LogP contribution in [0.15, 0.2) is 28.7 Å². The first-order valence-electron chi connectivity index (χ1n) is 11.1. The molecule has 6 rings (SSSR count). The molecule has 8 heteroatoms. The Labute approximate surface area is 180 Å². The second-order valence-corrected chi connectivity index (χ2v) is 9.44. The van der Waals surface area contributed by atoms with Crippen LogP contribution in [0.25, 0.3) is 11.1 Å². The van der Waals surface area contributed by atoms with Gasteiger partial charge in [0.05, 0.1) is 6.42 Å². The fourth-order valence-corrected chi connectivity index (χ4v) is 6.15. The first-order chi connectivity index (χ1) is 15.0. The smallest absolute Gasteiger partial charge is 0.321 e. The maximum atomic E-state index is 12.4. The number of nitrogens with zero attached hydrogens (tertiary/aromatic N) is 1. The predicted molar refractivity (Wildman–Crippen MR) is 111 cm³/mol. The van der Waals surface area contributed by atoms with E-state index in [9.17, 15) is 14.4 Å². The maximum Gasteiger partial charge on any atom is 0.321 e. The minimum atomic E-state index is -0.627. The van der Waals surface area contributed by atoms with Crippen LogP contribution >= 0.6 is 0 Å². The molecule has 0 radical (unpaired) electrons. The summed E-state index contributed by atoms with van der Waals surface area (Å²) in [5, 5.41) is 5.38. The zero-order chi connectivity index (χ0) is 21.4. The third kappa shape index (κ3) is 4.43. The summed E-state index contributed by atoms with van der Waals surface area (Å²) >= 11 is 0. The molecule has 31 heavy (non-hydrogen) atoms. The fourth-order valence-electron chi connectivity index (χ4n) is 6.15. The second kappa shape index (κ2) is 7.98. The molecular formula is C23H27N3O5. The Balaban J connectivity index is 1.04. The van der Waals surface area contributed by atoms with Crippen molar-refractivity contribution >= 4 is 29.0 Å². The van der Waals surface area contributed by atoms with Crippen LogP contribution in [0.3, 0.4) is 0 Å². The number of esters is 1. The molecule has 4 fully saturated rings. The maximum absolute atomic E-state index is 12.4.